The standard InChI is InChI=1S/C35H35N7O2/c1-22-8-3-12-26-31(22)41-33-24(10-5-14-28(33)39-26)30(43)16-7-17-36-18-19-37-20-21-38-35(44)25-11-6-15-29-34(25)42-32-23(2)9-4-13-27(32)40-29/h3-6,8-15,36-37H,7,16-21H2,1-2H3,(H,38,44)/p+1. The number of nitrogens with one attached hydrogen (secondary N) is 4. The zero-order valence-electron chi connectivity index (χ0n) is 25.0. The summed E-state index contributed by atoms with van der Waals surface area (Å²) in [6, 6.07) is 23.1. The summed E-state index contributed by atoms with van der Waals surface area (Å²) in [6.07, 6.45) is 1.17. The minimum atomic E-state index is -0.133. The zero-order chi connectivity index (χ0) is 30.5. The summed E-state index contributed by atoms with van der Waals surface area (Å²) in [5, 5.41) is 9.73. The van der Waals surface area contributed by atoms with E-state index >= 15 is 0 Å². The third-order valence-electron chi connectivity index (χ3n) is 7.85. The Balaban J connectivity index is 0.917. The highest BCUT2D eigenvalue weighted by Crippen LogP contribution is 2.23. The molecule has 0 bridgehead atoms. The van der Waals surface area contributed by atoms with E-state index in [9.17, 15) is 9.59 Å². The molecule has 0 radical (unpaired) electrons. The number of para-hydroxylation sites is 4. The number of fused-ring (bicyclic) bond motifs is 4. The van der Waals surface area contributed by atoms with Crippen molar-refractivity contribution in [2.45, 2.75) is 26.7 Å². The number of H-pyrrole nitrogens is 1. The van der Waals surface area contributed by atoms with Gasteiger partial charge in [-0.15, -0.1) is 0 Å². The van der Waals surface area contributed by atoms with Crippen LogP contribution in [0.3, 0.4) is 0 Å². The Bertz CT molecular complexity index is 1860. The van der Waals surface area contributed by atoms with Crippen molar-refractivity contribution in [1.82, 2.24) is 30.9 Å². The molecule has 222 valence electrons. The largest absolute Gasteiger partial charge is 0.351 e. The van der Waals surface area contributed by atoms with Gasteiger partial charge in [-0.05, 0) is 68.8 Å². The van der Waals surface area contributed by atoms with Crippen molar-refractivity contribution in [3.63, 3.8) is 0 Å². The highest BCUT2D eigenvalue weighted by molar-refractivity contribution is 6.07. The van der Waals surface area contributed by atoms with E-state index in [1.807, 2.05) is 86.6 Å². The Hall–Kier alpha value is -4.86. The van der Waals surface area contributed by atoms with Gasteiger partial charge in [-0.25, -0.2) is 19.9 Å². The predicted octanol–water partition coefficient (Wildman–Crippen LogP) is 4.49. The molecule has 1 amide bonds. The number of amides is 1. The van der Waals surface area contributed by atoms with Crippen LogP contribution in [0.5, 0.6) is 0 Å². The van der Waals surface area contributed by atoms with E-state index in [-0.39, 0.29) is 11.7 Å². The van der Waals surface area contributed by atoms with E-state index in [0.717, 1.165) is 75.8 Å². The van der Waals surface area contributed by atoms with Gasteiger partial charge in [0.05, 0.1) is 16.6 Å². The maximum atomic E-state index is 13.0. The molecule has 0 aliphatic heterocycles. The normalized spacial score (nSPS) is 11.5. The van der Waals surface area contributed by atoms with Crippen LogP contribution >= 0.6 is 0 Å². The Morgan fingerprint density at radius 2 is 1.20 bits per heavy atom. The molecule has 2 aromatic heterocycles. The van der Waals surface area contributed by atoms with Crippen LogP contribution in [0.2, 0.25) is 0 Å². The molecule has 44 heavy (non-hydrogen) atoms. The lowest BCUT2D eigenvalue weighted by Crippen LogP contribution is -2.35. The monoisotopic (exact) mass is 586 g/mol. The topological polar surface area (TPSA) is 123 Å². The van der Waals surface area contributed by atoms with Crippen molar-refractivity contribution in [1.29, 1.82) is 0 Å². The average molecular weight is 587 g/mol. The van der Waals surface area contributed by atoms with Gasteiger partial charge in [0, 0.05) is 43.7 Å². The number of benzene rings is 4. The molecule has 6 rings (SSSR count). The number of aryl methyl sites for hydroxylation is 2. The Kier molecular flexibility index (Phi) is 8.76. The first-order valence-electron chi connectivity index (χ1n) is 15.1. The molecule has 9 heteroatoms. The molecule has 0 saturated heterocycles. The van der Waals surface area contributed by atoms with Crippen LogP contribution in [0, 0.1) is 13.8 Å². The fraction of sp³-hybridized carbons (Fsp3) is 0.257. The van der Waals surface area contributed by atoms with Gasteiger partial charge in [0.15, 0.2) is 5.78 Å². The number of nitrogens with zero attached hydrogens (tertiary/aromatic N) is 3. The van der Waals surface area contributed by atoms with Gasteiger partial charge in [0.25, 0.3) is 5.91 Å². The summed E-state index contributed by atoms with van der Waals surface area (Å²) < 4.78 is 0. The summed E-state index contributed by atoms with van der Waals surface area (Å²) in [7, 11) is 0. The molecule has 6 aromatic rings. The number of carbonyl (C=O) groups excluding carboxylic acids is 2. The van der Waals surface area contributed by atoms with Gasteiger partial charge in [-0.1, -0.05) is 36.4 Å². The molecule has 2 heterocycles. The Labute approximate surface area is 255 Å². The van der Waals surface area contributed by atoms with E-state index in [1.165, 1.54) is 0 Å². The second-order valence-corrected chi connectivity index (χ2v) is 11.0. The number of Topliss-reactive ketones (excluding diaryl/α,β-unsaturated/α-hetero) is 1. The van der Waals surface area contributed by atoms with Crippen molar-refractivity contribution in [2.75, 3.05) is 32.7 Å². The van der Waals surface area contributed by atoms with Gasteiger partial charge >= 0.3 is 0 Å². The molecule has 0 saturated carbocycles. The number of rotatable bonds is 12. The van der Waals surface area contributed by atoms with E-state index in [1.54, 1.807) is 0 Å². The maximum Gasteiger partial charge on any atom is 0.258 e. The lowest BCUT2D eigenvalue weighted by molar-refractivity contribution is -0.311. The number of hydrogen-bond donors (Lipinski definition) is 3. The number of aromatic nitrogens is 4. The molecule has 4 aromatic carbocycles. The quantitative estimate of drug-likeness (QED) is 0.110. The van der Waals surface area contributed by atoms with Gasteiger partial charge in [0.2, 0.25) is 11.0 Å². The fourth-order valence-electron chi connectivity index (χ4n) is 5.50. The van der Waals surface area contributed by atoms with Gasteiger partial charge in [0.1, 0.15) is 22.1 Å². The van der Waals surface area contributed by atoms with Gasteiger partial charge in [-0.3, -0.25) is 9.59 Å². The van der Waals surface area contributed by atoms with Crippen molar-refractivity contribution in [3.8, 4) is 0 Å². The first-order valence-corrected chi connectivity index (χ1v) is 15.1. The fourth-order valence-corrected chi connectivity index (χ4v) is 5.50. The summed E-state index contributed by atoms with van der Waals surface area (Å²) >= 11 is 0. The Morgan fingerprint density at radius 1 is 0.614 bits per heavy atom. The minimum absolute atomic E-state index is 0.0800. The molecule has 4 N–H and O–H groups in total. The third-order valence-corrected chi connectivity index (χ3v) is 7.85. The summed E-state index contributed by atoms with van der Waals surface area (Å²) in [5.41, 5.74) is 9.73. The first kappa shape index (κ1) is 29.2. The highest BCUT2D eigenvalue weighted by atomic mass is 16.1. The number of hydrogen-bond acceptors (Lipinski definition) is 7. The van der Waals surface area contributed by atoms with Crippen LogP contribution in [-0.4, -0.2) is 59.4 Å². The number of aromatic amines is 1. The van der Waals surface area contributed by atoms with Gasteiger partial charge < -0.3 is 16.0 Å². The van der Waals surface area contributed by atoms with E-state index in [4.69, 9.17) is 15.0 Å². The van der Waals surface area contributed by atoms with Crippen molar-refractivity contribution in [3.05, 3.63) is 95.1 Å². The van der Waals surface area contributed by atoms with Crippen LogP contribution in [-0.2, 0) is 0 Å². The summed E-state index contributed by atoms with van der Waals surface area (Å²) in [4.78, 5) is 43.7. The lowest BCUT2D eigenvalue weighted by atomic mass is 10.0. The highest BCUT2D eigenvalue weighted by Gasteiger charge is 2.18. The molecule has 0 unspecified atom stereocenters. The van der Waals surface area contributed by atoms with E-state index < -0.39 is 0 Å². The van der Waals surface area contributed by atoms with Crippen LogP contribution in [0.15, 0.2) is 72.8 Å². The summed E-state index contributed by atoms with van der Waals surface area (Å²) in [6.45, 7) is 7.45. The molecule has 0 aliphatic carbocycles. The van der Waals surface area contributed by atoms with E-state index in [0.29, 0.717) is 36.2 Å². The molecule has 0 aliphatic rings. The smallest absolute Gasteiger partial charge is 0.258 e. The molecule has 0 fully saturated rings. The second-order valence-electron chi connectivity index (χ2n) is 11.0. The zero-order valence-corrected chi connectivity index (χ0v) is 25.0. The van der Waals surface area contributed by atoms with Crippen LogP contribution in [0.1, 0.15) is 44.7 Å². The second kappa shape index (κ2) is 13.2. The number of carbonyl (C=O) groups is 2. The predicted molar refractivity (Wildman–Crippen MR) is 174 cm³/mol. The lowest BCUT2D eigenvalue weighted by Gasteiger charge is -2.09. The van der Waals surface area contributed by atoms with Crippen molar-refractivity contribution < 1.29 is 14.6 Å². The number of ketones is 1. The molecule has 9 nitrogen and oxygen atoms in total. The van der Waals surface area contributed by atoms with E-state index in [2.05, 4.69) is 20.9 Å². The first-order chi connectivity index (χ1) is 21.5. The van der Waals surface area contributed by atoms with Crippen molar-refractivity contribution in [2.24, 2.45) is 0 Å². The van der Waals surface area contributed by atoms with Crippen LogP contribution in [0.4, 0.5) is 0 Å². The van der Waals surface area contributed by atoms with Crippen LogP contribution in [0.25, 0.3) is 44.1 Å². The molecule has 0 spiro atoms. The summed E-state index contributed by atoms with van der Waals surface area (Å²) in [5.74, 6) is -0.0527. The average Bonchev–Trinajstić information content (AvgIpc) is 3.03. The Morgan fingerprint density at radius 3 is 2.00 bits per heavy atom. The SMILES string of the molecule is Cc1cccc2nc3cccc(C(=O)CCCNCCNCCNC(=O)c4cccc5nc6cccc(C)c6[nH+]c45)c3nc12. The molecular formula is C35H36N7O2+. The van der Waals surface area contributed by atoms with Crippen molar-refractivity contribution >= 4 is 55.8 Å². The van der Waals surface area contributed by atoms with Gasteiger partial charge in [-0.2, -0.15) is 0 Å². The maximum absolute atomic E-state index is 13.0. The van der Waals surface area contributed by atoms with Crippen LogP contribution < -0.4 is 20.9 Å². The molecular weight excluding hydrogens is 550 g/mol. The third kappa shape index (κ3) is 6.24. The molecule has 0 atom stereocenters. The minimum Gasteiger partial charge on any atom is -0.351 e.